The summed E-state index contributed by atoms with van der Waals surface area (Å²) in [6, 6.07) is 12.9. The molecule has 7 heteroatoms. The first-order valence-electron chi connectivity index (χ1n) is 10.4. The molecule has 30 heavy (non-hydrogen) atoms. The molecule has 7 nitrogen and oxygen atoms in total. The first-order valence-corrected chi connectivity index (χ1v) is 10.4. The van der Waals surface area contributed by atoms with Crippen LogP contribution in [0.1, 0.15) is 49.1 Å². The summed E-state index contributed by atoms with van der Waals surface area (Å²) in [4.78, 5) is 23.1. The van der Waals surface area contributed by atoms with Crippen molar-refractivity contribution in [2.24, 2.45) is 0 Å². The number of furan rings is 1. The van der Waals surface area contributed by atoms with Gasteiger partial charge in [-0.3, -0.25) is 14.7 Å². The van der Waals surface area contributed by atoms with E-state index >= 15 is 0 Å². The van der Waals surface area contributed by atoms with Crippen LogP contribution in [0.2, 0.25) is 0 Å². The molecule has 2 heterocycles. The standard InChI is InChI=1S/C17H16N4O3.C6H12/c1-18-16(22)10-19-17(23)15-7-6-14(24-15)12-4-2-11(3-5-12)13-8-9-20-21-13;1-2-4-6-5-3-1/h2-9H,10H2,1H3,(H,18,22)(H,19,23)(H,20,21);1-6H2. The Morgan fingerprint density at radius 2 is 1.57 bits per heavy atom. The van der Waals surface area contributed by atoms with E-state index in [-0.39, 0.29) is 18.2 Å². The van der Waals surface area contributed by atoms with E-state index in [2.05, 4.69) is 20.8 Å². The summed E-state index contributed by atoms with van der Waals surface area (Å²) >= 11 is 0. The van der Waals surface area contributed by atoms with Crippen molar-refractivity contribution in [2.45, 2.75) is 38.5 Å². The molecule has 3 aromatic rings. The van der Waals surface area contributed by atoms with Crippen LogP contribution in [-0.2, 0) is 4.79 Å². The monoisotopic (exact) mass is 408 g/mol. The number of aromatic nitrogens is 2. The molecule has 2 aromatic heterocycles. The number of amides is 2. The maximum absolute atomic E-state index is 11.9. The van der Waals surface area contributed by atoms with Gasteiger partial charge >= 0.3 is 0 Å². The van der Waals surface area contributed by atoms with Gasteiger partial charge in [-0.05, 0) is 23.8 Å². The van der Waals surface area contributed by atoms with Crippen LogP contribution in [0.25, 0.3) is 22.6 Å². The predicted molar refractivity (Wildman–Crippen MR) is 116 cm³/mol. The molecule has 0 aliphatic heterocycles. The lowest BCUT2D eigenvalue weighted by molar-refractivity contribution is -0.119. The van der Waals surface area contributed by atoms with Crippen molar-refractivity contribution in [3.05, 3.63) is 54.4 Å². The molecule has 0 atom stereocenters. The van der Waals surface area contributed by atoms with E-state index in [0.717, 1.165) is 16.8 Å². The van der Waals surface area contributed by atoms with Crippen LogP contribution in [0.5, 0.6) is 0 Å². The average Bonchev–Trinajstić information content (AvgIpc) is 3.52. The molecule has 2 amide bonds. The quantitative estimate of drug-likeness (QED) is 0.590. The number of nitrogens with zero attached hydrogens (tertiary/aromatic N) is 1. The van der Waals surface area contributed by atoms with E-state index in [4.69, 9.17) is 4.42 Å². The van der Waals surface area contributed by atoms with Crippen molar-refractivity contribution in [3.8, 4) is 22.6 Å². The molecular formula is C23H28N4O3. The number of rotatable bonds is 5. The molecule has 0 bridgehead atoms. The molecule has 1 aliphatic carbocycles. The van der Waals surface area contributed by atoms with Gasteiger partial charge in [0.2, 0.25) is 5.91 Å². The number of carbonyl (C=O) groups is 2. The Morgan fingerprint density at radius 3 is 2.13 bits per heavy atom. The average molecular weight is 409 g/mol. The van der Waals surface area contributed by atoms with Crippen molar-refractivity contribution in [1.29, 1.82) is 0 Å². The van der Waals surface area contributed by atoms with Crippen molar-refractivity contribution in [1.82, 2.24) is 20.8 Å². The molecule has 0 saturated heterocycles. The summed E-state index contributed by atoms with van der Waals surface area (Å²) in [7, 11) is 1.51. The Kier molecular flexibility index (Phi) is 7.83. The third-order valence-corrected chi connectivity index (χ3v) is 5.00. The van der Waals surface area contributed by atoms with E-state index in [1.165, 1.54) is 45.6 Å². The fourth-order valence-corrected chi connectivity index (χ4v) is 3.24. The molecule has 1 aliphatic rings. The maximum Gasteiger partial charge on any atom is 0.287 e. The van der Waals surface area contributed by atoms with E-state index < -0.39 is 5.91 Å². The van der Waals surface area contributed by atoms with E-state index in [0.29, 0.717) is 5.76 Å². The number of benzene rings is 1. The lowest BCUT2D eigenvalue weighted by Gasteiger charge is -2.05. The third kappa shape index (κ3) is 6.07. The Balaban J connectivity index is 0.000000367. The normalized spacial score (nSPS) is 13.1. The second-order valence-corrected chi connectivity index (χ2v) is 7.19. The van der Waals surface area contributed by atoms with Gasteiger partial charge in [0.25, 0.3) is 5.91 Å². The van der Waals surface area contributed by atoms with E-state index in [1.807, 2.05) is 30.3 Å². The second-order valence-electron chi connectivity index (χ2n) is 7.19. The number of nitrogens with one attached hydrogen (secondary N) is 3. The van der Waals surface area contributed by atoms with Gasteiger partial charge in [-0.2, -0.15) is 5.10 Å². The summed E-state index contributed by atoms with van der Waals surface area (Å²) in [5, 5.41) is 11.7. The SMILES string of the molecule is C1CCCCC1.CNC(=O)CNC(=O)c1ccc(-c2ccc(-c3ccn[nH]3)cc2)o1. The molecule has 0 unspecified atom stereocenters. The number of carbonyl (C=O) groups excluding carboxylic acids is 2. The first kappa shape index (κ1) is 21.4. The number of hydrogen-bond donors (Lipinski definition) is 3. The highest BCUT2D eigenvalue weighted by atomic mass is 16.3. The van der Waals surface area contributed by atoms with Gasteiger partial charge in [0, 0.05) is 18.8 Å². The Labute approximate surface area is 176 Å². The smallest absolute Gasteiger partial charge is 0.287 e. The summed E-state index contributed by atoms with van der Waals surface area (Å²) in [6.07, 6.45) is 10.7. The molecule has 0 spiro atoms. The van der Waals surface area contributed by atoms with Crippen molar-refractivity contribution in [3.63, 3.8) is 0 Å². The van der Waals surface area contributed by atoms with Gasteiger partial charge in [0.1, 0.15) is 5.76 Å². The van der Waals surface area contributed by atoms with Gasteiger partial charge in [0.05, 0.1) is 12.2 Å². The van der Waals surface area contributed by atoms with Crippen molar-refractivity contribution < 1.29 is 14.0 Å². The number of aromatic amines is 1. The second kappa shape index (κ2) is 11.0. The molecule has 158 valence electrons. The zero-order valence-corrected chi connectivity index (χ0v) is 17.2. The number of hydrogen-bond acceptors (Lipinski definition) is 4. The number of H-pyrrole nitrogens is 1. The molecule has 4 rings (SSSR count). The fraction of sp³-hybridized carbons (Fsp3) is 0.348. The van der Waals surface area contributed by atoms with Gasteiger partial charge in [-0.25, -0.2) is 0 Å². The first-order chi connectivity index (χ1) is 14.7. The number of likely N-dealkylation sites (N-methyl/N-ethyl adjacent to an activating group) is 1. The van der Waals surface area contributed by atoms with Crippen LogP contribution in [0.3, 0.4) is 0 Å². The van der Waals surface area contributed by atoms with Crippen LogP contribution >= 0.6 is 0 Å². The largest absolute Gasteiger partial charge is 0.451 e. The van der Waals surface area contributed by atoms with Gasteiger partial charge in [-0.15, -0.1) is 0 Å². The van der Waals surface area contributed by atoms with Gasteiger partial charge in [-0.1, -0.05) is 62.8 Å². The lowest BCUT2D eigenvalue weighted by Crippen LogP contribution is -2.34. The summed E-state index contributed by atoms with van der Waals surface area (Å²) in [6.45, 7) is -0.0930. The minimum Gasteiger partial charge on any atom is -0.451 e. The molecular weight excluding hydrogens is 380 g/mol. The zero-order valence-electron chi connectivity index (χ0n) is 17.2. The predicted octanol–water partition coefficient (Wildman–Crippen LogP) is 4.15. The molecule has 1 saturated carbocycles. The lowest BCUT2D eigenvalue weighted by atomic mass is 10.0. The van der Waals surface area contributed by atoms with Crippen LogP contribution in [0, 0.1) is 0 Å². The maximum atomic E-state index is 11.9. The highest BCUT2D eigenvalue weighted by Crippen LogP contribution is 2.25. The van der Waals surface area contributed by atoms with Crippen molar-refractivity contribution >= 4 is 11.8 Å². The third-order valence-electron chi connectivity index (χ3n) is 5.00. The Hall–Kier alpha value is -3.35. The van der Waals surface area contributed by atoms with Crippen LogP contribution in [0.15, 0.2) is 53.1 Å². The van der Waals surface area contributed by atoms with Gasteiger partial charge in [0.15, 0.2) is 5.76 Å². The molecule has 3 N–H and O–H groups in total. The van der Waals surface area contributed by atoms with Crippen LogP contribution in [-0.4, -0.2) is 35.6 Å². The van der Waals surface area contributed by atoms with Crippen LogP contribution in [0.4, 0.5) is 0 Å². The summed E-state index contributed by atoms with van der Waals surface area (Å²) in [5.74, 6) is 0.0336. The van der Waals surface area contributed by atoms with Crippen LogP contribution < -0.4 is 10.6 Å². The Morgan fingerprint density at radius 1 is 0.933 bits per heavy atom. The minimum atomic E-state index is -0.432. The van der Waals surface area contributed by atoms with Crippen molar-refractivity contribution in [2.75, 3.05) is 13.6 Å². The molecule has 1 fully saturated rings. The molecule has 0 radical (unpaired) electrons. The highest BCUT2D eigenvalue weighted by molar-refractivity contribution is 5.94. The summed E-state index contributed by atoms with van der Waals surface area (Å²) < 4.78 is 5.56. The topological polar surface area (TPSA) is 100 Å². The zero-order chi connectivity index (χ0) is 21.2. The summed E-state index contributed by atoms with van der Waals surface area (Å²) in [5.41, 5.74) is 2.78. The highest BCUT2D eigenvalue weighted by Gasteiger charge is 2.13. The van der Waals surface area contributed by atoms with E-state index in [9.17, 15) is 9.59 Å². The van der Waals surface area contributed by atoms with E-state index in [1.54, 1.807) is 18.3 Å². The Bertz CT molecular complexity index is 914. The van der Waals surface area contributed by atoms with Gasteiger partial charge < -0.3 is 15.1 Å². The minimum absolute atomic E-state index is 0.0930. The molecule has 1 aromatic carbocycles. The fourth-order valence-electron chi connectivity index (χ4n) is 3.24.